The van der Waals surface area contributed by atoms with Crippen LogP contribution < -0.4 is 10.6 Å². The highest BCUT2D eigenvalue weighted by atomic mass is 32.1. The number of hydrogen-bond acceptors (Lipinski definition) is 2. The van der Waals surface area contributed by atoms with Gasteiger partial charge in [-0.25, -0.2) is 0 Å². The van der Waals surface area contributed by atoms with Crippen molar-refractivity contribution in [1.29, 1.82) is 0 Å². The molecule has 0 radical (unpaired) electrons. The lowest BCUT2D eigenvalue weighted by molar-refractivity contribution is 0.161. The van der Waals surface area contributed by atoms with Crippen LogP contribution in [0.5, 0.6) is 0 Å². The van der Waals surface area contributed by atoms with Gasteiger partial charge in [-0.2, -0.15) is 0 Å². The third kappa shape index (κ3) is 2.58. The van der Waals surface area contributed by atoms with Crippen LogP contribution in [0, 0.1) is 0 Å². The molecule has 0 amide bonds. The normalized spacial score (nSPS) is 19.7. The maximum Gasteiger partial charge on any atom is 0.166 e. The minimum Gasteiger partial charge on any atom is -0.366 e. The highest BCUT2D eigenvalue weighted by molar-refractivity contribution is 7.80. The Morgan fingerprint density at radius 2 is 1.93 bits per heavy atom. The van der Waals surface area contributed by atoms with E-state index >= 15 is 0 Å². The monoisotopic (exact) mass is 215 g/mol. The number of thiocarbonyl (C=S) groups is 1. The van der Waals surface area contributed by atoms with E-state index in [1.54, 1.807) is 0 Å². The van der Waals surface area contributed by atoms with Crippen molar-refractivity contribution in [3.63, 3.8) is 0 Å². The van der Waals surface area contributed by atoms with Crippen molar-refractivity contribution < 1.29 is 0 Å². The van der Waals surface area contributed by atoms with Crippen molar-refractivity contribution in [3.05, 3.63) is 0 Å². The van der Waals surface area contributed by atoms with E-state index in [2.05, 4.69) is 29.6 Å². The van der Waals surface area contributed by atoms with Crippen LogP contribution in [0.4, 0.5) is 0 Å². The topological polar surface area (TPSA) is 27.3 Å². The fourth-order valence-electron chi connectivity index (χ4n) is 2.15. The molecule has 4 heteroatoms. The molecule has 82 valence electrons. The van der Waals surface area contributed by atoms with Gasteiger partial charge in [0.15, 0.2) is 5.11 Å². The summed E-state index contributed by atoms with van der Waals surface area (Å²) in [5.74, 6) is 0. The fraction of sp³-hybridized carbons (Fsp3) is 0.900. The van der Waals surface area contributed by atoms with Gasteiger partial charge in [0.2, 0.25) is 0 Å². The zero-order valence-corrected chi connectivity index (χ0v) is 10.2. The first kappa shape index (κ1) is 11.7. The first-order valence-corrected chi connectivity index (χ1v) is 5.64. The van der Waals surface area contributed by atoms with Crippen LogP contribution >= 0.6 is 12.2 Å². The third-order valence-electron chi connectivity index (χ3n) is 3.29. The molecule has 0 aromatic carbocycles. The molecule has 0 unspecified atom stereocenters. The smallest absolute Gasteiger partial charge is 0.166 e. The number of nitrogens with zero attached hydrogens (tertiary/aromatic N) is 1. The van der Waals surface area contributed by atoms with E-state index in [1.165, 1.54) is 25.7 Å². The second-order valence-electron chi connectivity index (χ2n) is 4.26. The van der Waals surface area contributed by atoms with Crippen LogP contribution in [0.25, 0.3) is 0 Å². The second kappa shape index (κ2) is 4.94. The average Bonchev–Trinajstić information content (AvgIpc) is 2.64. The van der Waals surface area contributed by atoms with E-state index < -0.39 is 0 Å². The van der Waals surface area contributed by atoms with Crippen LogP contribution in [0.1, 0.15) is 25.7 Å². The molecule has 2 N–H and O–H groups in total. The lowest BCUT2D eigenvalue weighted by Crippen LogP contribution is -2.52. The van der Waals surface area contributed by atoms with Crippen LogP contribution in [0.15, 0.2) is 0 Å². The first-order valence-electron chi connectivity index (χ1n) is 5.24. The van der Waals surface area contributed by atoms with E-state index in [4.69, 9.17) is 12.2 Å². The molecule has 0 saturated heterocycles. The molecule has 0 spiro atoms. The summed E-state index contributed by atoms with van der Waals surface area (Å²) >= 11 is 5.09. The molecule has 1 rings (SSSR count). The maximum absolute atomic E-state index is 5.09. The van der Waals surface area contributed by atoms with E-state index in [0.717, 1.165) is 11.7 Å². The molecule has 1 aliphatic carbocycles. The number of hydrogen-bond donors (Lipinski definition) is 2. The zero-order chi connectivity index (χ0) is 10.6. The Bertz CT molecular complexity index is 198. The fourth-order valence-corrected chi connectivity index (χ4v) is 2.22. The molecule has 0 aliphatic heterocycles. The van der Waals surface area contributed by atoms with E-state index in [9.17, 15) is 0 Å². The van der Waals surface area contributed by atoms with Crippen molar-refractivity contribution in [2.45, 2.75) is 31.2 Å². The summed E-state index contributed by atoms with van der Waals surface area (Å²) in [6.45, 7) is 0.958. The quantitative estimate of drug-likeness (QED) is 0.686. The lowest BCUT2D eigenvalue weighted by Gasteiger charge is -2.36. The van der Waals surface area contributed by atoms with E-state index in [-0.39, 0.29) is 0 Å². The minimum atomic E-state index is 0.320. The van der Waals surface area contributed by atoms with Crippen molar-refractivity contribution in [2.24, 2.45) is 0 Å². The maximum atomic E-state index is 5.09. The van der Waals surface area contributed by atoms with Gasteiger partial charge in [0.05, 0.1) is 0 Å². The average molecular weight is 215 g/mol. The predicted molar refractivity (Wildman–Crippen MR) is 64.5 cm³/mol. The Morgan fingerprint density at radius 3 is 2.36 bits per heavy atom. The first-order chi connectivity index (χ1) is 6.60. The molecule has 1 aliphatic rings. The highest BCUT2D eigenvalue weighted by Crippen LogP contribution is 2.32. The summed E-state index contributed by atoms with van der Waals surface area (Å²) in [5, 5.41) is 6.97. The second-order valence-corrected chi connectivity index (χ2v) is 4.67. The molecule has 0 bridgehead atoms. The summed E-state index contributed by atoms with van der Waals surface area (Å²) in [5.41, 5.74) is 0.320. The van der Waals surface area contributed by atoms with Gasteiger partial charge >= 0.3 is 0 Å². The van der Waals surface area contributed by atoms with Gasteiger partial charge < -0.3 is 15.5 Å². The lowest BCUT2D eigenvalue weighted by atomic mass is 9.96. The van der Waals surface area contributed by atoms with Crippen molar-refractivity contribution in [2.75, 3.05) is 27.7 Å². The molecule has 0 atom stereocenters. The molecule has 0 aromatic heterocycles. The highest BCUT2D eigenvalue weighted by Gasteiger charge is 2.35. The van der Waals surface area contributed by atoms with Crippen molar-refractivity contribution >= 4 is 17.3 Å². The number of likely N-dealkylation sites (N-methyl/N-ethyl adjacent to an activating group) is 1. The van der Waals surface area contributed by atoms with Gasteiger partial charge in [0.1, 0.15) is 0 Å². The molecule has 3 nitrogen and oxygen atoms in total. The van der Waals surface area contributed by atoms with Crippen molar-refractivity contribution in [3.8, 4) is 0 Å². The molecule has 1 fully saturated rings. The SMILES string of the molecule is CNC(=S)NCC1(N(C)C)CCCC1. The standard InChI is InChI=1S/C10H21N3S/c1-11-9(14)12-8-10(13(2)3)6-4-5-7-10/h4-8H2,1-3H3,(H2,11,12,14). The Kier molecular flexibility index (Phi) is 4.13. The Balaban J connectivity index is 2.48. The van der Waals surface area contributed by atoms with Crippen molar-refractivity contribution in [1.82, 2.24) is 15.5 Å². The summed E-state index contributed by atoms with van der Waals surface area (Å²) in [6.07, 6.45) is 5.23. The summed E-state index contributed by atoms with van der Waals surface area (Å²) in [7, 11) is 6.18. The zero-order valence-electron chi connectivity index (χ0n) is 9.39. The molecule has 0 heterocycles. The van der Waals surface area contributed by atoms with Gasteiger partial charge in [-0.1, -0.05) is 12.8 Å². The Labute approximate surface area is 92.2 Å². The van der Waals surface area contributed by atoms with E-state index in [0.29, 0.717) is 5.54 Å². The van der Waals surface area contributed by atoms with Crippen LogP contribution in [-0.2, 0) is 0 Å². The minimum absolute atomic E-state index is 0.320. The molecule has 1 saturated carbocycles. The van der Waals surface area contributed by atoms with Gasteiger partial charge in [0, 0.05) is 19.1 Å². The van der Waals surface area contributed by atoms with E-state index in [1.807, 2.05) is 7.05 Å². The van der Waals surface area contributed by atoms with Crippen LogP contribution in [-0.4, -0.2) is 43.2 Å². The largest absolute Gasteiger partial charge is 0.366 e. The molecule has 0 aromatic rings. The Hall–Kier alpha value is -0.350. The summed E-state index contributed by atoms with van der Waals surface area (Å²) in [6, 6.07) is 0. The molecular formula is C10H21N3S. The molecule has 14 heavy (non-hydrogen) atoms. The summed E-state index contributed by atoms with van der Waals surface area (Å²) < 4.78 is 0. The predicted octanol–water partition coefficient (Wildman–Crippen LogP) is 0.955. The van der Waals surface area contributed by atoms with Crippen LogP contribution in [0.2, 0.25) is 0 Å². The van der Waals surface area contributed by atoms with Crippen LogP contribution in [0.3, 0.4) is 0 Å². The Morgan fingerprint density at radius 1 is 1.36 bits per heavy atom. The third-order valence-corrected chi connectivity index (χ3v) is 3.64. The van der Waals surface area contributed by atoms with Gasteiger partial charge in [-0.15, -0.1) is 0 Å². The molecular weight excluding hydrogens is 194 g/mol. The van der Waals surface area contributed by atoms with Gasteiger partial charge in [-0.3, -0.25) is 0 Å². The van der Waals surface area contributed by atoms with Gasteiger partial charge in [0.25, 0.3) is 0 Å². The number of rotatable bonds is 3. The van der Waals surface area contributed by atoms with Gasteiger partial charge in [-0.05, 0) is 39.2 Å². The number of nitrogens with one attached hydrogen (secondary N) is 2. The summed E-state index contributed by atoms with van der Waals surface area (Å²) in [4.78, 5) is 2.34.